The SMILES string of the molecule is CC1CCCCN1C(=O)CN(C)c1ccccc1. The molecule has 1 amide bonds. The molecule has 0 bridgehead atoms. The van der Waals surface area contributed by atoms with Crippen molar-refractivity contribution >= 4 is 11.6 Å². The van der Waals surface area contributed by atoms with Gasteiger partial charge in [-0.2, -0.15) is 0 Å². The van der Waals surface area contributed by atoms with Crippen LogP contribution >= 0.6 is 0 Å². The first-order valence-corrected chi connectivity index (χ1v) is 6.74. The largest absolute Gasteiger partial charge is 0.365 e. The van der Waals surface area contributed by atoms with Crippen molar-refractivity contribution in [3.8, 4) is 0 Å². The minimum absolute atomic E-state index is 0.244. The fourth-order valence-corrected chi connectivity index (χ4v) is 2.54. The lowest BCUT2D eigenvalue weighted by Gasteiger charge is -2.34. The number of anilines is 1. The van der Waals surface area contributed by atoms with Crippen molar-refractivity contribution in [2.75, 3.05) is 25.0 Å². The standard InChI is InChI=1S/C15H22N2O/c1-13-8-6-7-11-17(13)15(18)12-16(2)14-9-4-3-5-10-14/h3-5,9-10,13H,6-8,11-12H2,1-2H3. The molecule has 1 fully saturated rings. The Kier molecular flexibility index (Phi) is 4.24. The van der Waals surface area contributed by atoms with E-state index in [4.69, 9.17) is 0 Å². The van der Waals surface area contributed by atoms with E-state index in [1.165, 1.54) is 6.42 Å². The van der Waals surface area contributed by atoms with Gasteiger partial charge in [0.2, 0.25) is 5.91 Å². The Morgan fingerprint density at radius 3 is 2.72 bits per heavy atom. The number of carbonyl (C=O) groups is 1. The number of likely N-dealkylation sites (tertiary alicyclic amines) is 1. The van der Waals surface area contributed by atoms with Crippen LogP contribution in [0.15, 0.2) is 30.3 Å². The molecule has 1 aromatic carbocycles. The molecule has 1 unspecified atom stereocenters. The molecule has 1 aliphatic heterocycles. The predicted molar refractivity (Wildman–Crippen MR) is 74.7 cm³/mol. The minimum atomic E-state index is 0.244. The summed E-state index contributed by atoms with van der Waals surface area (Å²) in [5, 5.41) is 0. The van der Waals surface area contributed by atoms with Crippen LogP contribution in [0.25, 0.3) is 0 Å². The second-order valence-electron chi connectivity index (χ2n) is 5.12. The molecule has 3 heteroatoms. The highest BCUT2D eigenvalue weighted by molar-refractivity contribution is 5.81. The van der Waals surface area contributed by atoms with Gasteiger partial charge >= 0.3 is 0 Å². The maximum absolute atomic E-state index is 12.3. The van der Waals surface area contributed by atoms with Crippen LogP contribution in [0.5, 0.6) is 0 Å². The normalized spacial score (nSPS) is 19.7. The maximum atomic E-state index is 12.3. The number of rotatable bonds is 3. The van der Waals surface area contributed by atoms with Gasteiger partial charge in [0.15, 0.2) is 0 Å². The Morgan fingerprint density at radius 2 is 2.06 bits per heavy atom. The molecule has 0 radical (unpaired) electrons. The van der Waals surface area contributed by atoms with Gasteiger partial charge in [0.05, 0.1) is 6.54 Å². The Hall–Kier alpha value is -1.51. The van der Waals surface area contributed by atoms with E-state index in [2.05, 4.69) is 6.92 Å². The molecule has 2 rings (SSSR count). The summed E-state index contributed by atoms with van der Waals surface area (Å²) >= 11 is 0. The van der Waals surface area contributed by atoms with Gasteiger partial charge in [0.25, 0.3) is 0 Å². The lowest BCUT2D eigenvalue weighted by Crippen LogP contribution is -2.46. The topological polar surface area (TPSA) is 23.6 Å². The van der Waals surface area contributed by atoms with Crippen LogP contribution < -0.4 is 4.90 Å². The van der Waals surface area contributed by atoms with E-state index in [0.717, 1.165) is 25.1 Å². The fourth-order valence-electron chi connectivity index (χ4n) is 2.54. The summed E-state index contributed by atoms with van der Waals surface area (Å²) in [7, 11) is 1.97. The summed E-state index contributed by atoms with van der Waals surface area (Å²) in [6.45, 7) is 3.54. The molecular weight excluding hydrogens is 224 g/mol. The van der Waals surface area contributed by atoms with Crippen molar-refractivity contribution in [3.63, 3.8) is 0 Å². The van der Waals surface area contributed by atoms with Crippen LogP contribution in [-0.4, -0.2) is 37.0 Å². The summed E-state index contributed by atoms with van der Waals surface area (Å²) in [6.07, 6.45) is 3.53. The second kappa shape index (κ2) is 5.89. The van der Waals surface area contributed by atoms with Crippen LogP contribution in [0.3, 0.4) is 0 Å². The van der Waals surface area contributed by atoms with Gasteiger partial charge in [-0.15, -0.1) is 0 Å². The summed E-state index contributed by atoms with van der Waals surface area (Å²) < 4.78 is 0. The smallest absolute Gasteiger partial charge is 0.242 e. The number of piperidine rings is 1. The molecule has 1 aliphatic rings. The van der Waals surface area contributed by atoms with Gasteiger partial charge in [-0.1, -0.05) is 18.2 Å². The van der Waals surface area contributed by atoms with Crippen LogP contribution in [-0.2, 0) is 4.79 Å². The van der Waals surface area contributed by atoms with Gasteiger partial charge in [-0.05, 0) is 38.3 Å². The fraction of sp³-hybridized carbons (Fsp3) is 0.533. The van der Waals surface area contributed by atoms with E-state index in [9.17, 15) is 4.79 Å². The number of likely N-dealkylation sites (N-methyl/N-ethyl adjacent to an activating group) is 1. The monoisotopic (exact) mass is 246 g/mol. The van der Waals surface area contributed by atoms with Gasteiger partial charge in [-0.3, -0.25) is 4.79 Å². The number of amides is 1. The van der Waals surface area contributed by atoms with Gasteiger partial charge in [0.1, 0.15) is 0 Å². The summed E-state index contributed by atoms with van der Waals surface area (Å²) in [5.74, 6) is 0.244. The Morgan fingerprint density at radius 1 is 1.33 bits per heavy atom. The number of para-hydroxylation sites is 1. The first kappa shape index (κ1) is 12.9. The maximum Gasteiger partial charge on any atom is 0.242 e. The minimum Gasteiger partial charge on any atom is -0.365 e. The highest BCUT2D eigenvalue weighted by Crippen LogP contribution is 2.17. The van der Waals surface area contributed by atoms with E-state index in [1.54, 1.807) is 0 Å². The molecule has 18 heavy (non-hydrogen) atoms. The highest BCUT2D eigenvalue weighted by Gasteiger charge is 2.23. The third-order valence-electron chi connectivity index (χ3n) is 3.69. The zero-order chi connectivity index (χ0) is 13.0. The highest BCUT2D eigenvalue weighted by atomic mass is 16.2. The number of carbonyl (C=O) groups excluding carboxylic acids is 1. The molecule has 1 aromatic rings. The zero-order valence-electron chi connectivity index (χ0n) is 11.3. The first-order valence-electron chi connectivity index (χ1n) is 6.74. The third-order valence-corrected chi connectivity index (χ3v) is 3.69. The molecule has 1 heterocycles. The average molecular weight is 246 g/mol. The van der Waals surface area contributed by atoms with Gasteiger partial charge in [0, 0.05) is 25.3 Å². The molecule has 1 saturated heterocycles. The Balaban J connectivity index is 1.94. The van der Waals surface area contributed by atoms with Crippen LogP contribution in [0.4, 0.5) is 5.69 Å². The first-order chi connectivity index (χ1) is 8.68. The van der Waals surface area contributed by atoms with E-state index >= 15 is 0 Å². The van der Waals surface area contributed by atoms with E-state index in [-0.39, 0.29) is 5.91 Å². The third kappa shape index (κ3) is 3.03. The van der Waals surface area contributed by atoms with E-state index in [0.29, 0.717) is 12.6 Å². The zero-order valence-corrected chi connectivity index (χ0v) is 11.3. The molecule has 0 saturated carbocycles. The van der Waals surface area contributed by atoms with Gasteiger partial charge < -0.3 is 9.80 Å². The van der Waals surface area contributed by atoms with Crippen molar-refractivity contribution in [3.05, 3.63) is 30.3 Å². The number of nitrogens with zero attached hydrogens (tertiary/aromatic N) is 2. The van der Waals surface area contributed by atoms with Crippen molar-refractivity contribution in [1.82, 2.24) is 4.90 Å². The predicted octanol–water partition coefficient (Wildman–Crippen LogP) is 2.52. The molecule has 1 atom stereocenters. The summed E-state index contributed by atoms with van der Waals surface area (Å²) in [5.41, 5.74) is 1.09. The van der Waals surface area contributed by atoms with Crippen molar-refractivity contribution in [1.29, 1.82) is 0 Å². The second-order valence-corrected chi connectivity index (χ2v) is 5.12. The van der Waals surface area contributed by atoms with E-state index < -0.39 is 0 Å². The van der Waals surface area contributed by atoms with Crippen molar-refractivity contribution < 1.29 is 4.79 Å². The van der Waals surface area contributed by atoms with Crippen molar-refractivity contribution in [2.45, 2.75) is 32.2 Å². The molecule has 0 N–H and O–H groups in total. The lowest BCUT2D eigenvalue weighted by molar-refractivity contribution is -0.132. The van der Waals surface area contributed by atoms with Crippen LogP contribution in [0.2, 0.25) is 0 Å². The summed E-state index contributed by atoms with van der Waals surface area (Å²) in [6, 6.07) is 10.5. The number of benzene rings is 1. The van der Waals surface area contributed by atoms with Crippen LogP contribution in [0, 0.1) is 0 Å². The Bertz CT molecular complexity index is 391. The summed E-state index contributed by atoms with van der Waals surface area (Å²) in [4.78, 5) is 16.3. The molecule has 98 valence electrons. The average Bonchev–Trinajstić information content (AvgIpc) is 2.40. The van der Waals surface area contributed by atoms with Crippen molar-refractivity contribution in [2.24, 2.45) is 0 Å². The molecule has 3 nitrogen and oxygen atoms in total. The molecule has 0 aliphatic carbocycles. The molecular formula is C15H22N2O. The Labute approximate surface area is 109 Å². The molecule has 0 aromatic heterocycles. The molecule has 0 spiro atoms. The quantitative estimate of drug-likeness (QED) is 0.818. The number of hydrogen-bond acceptors (Lipinski definition) is 2. The van der Waals surface area contributed by atoms with Gasteiger partial charge in [-0.25, -0.2) is 0 Å². The number of hydrogen-bond donors (Lipinski definition) is 0. The van der Waals surface area contributed by atoms with Crippen LogP contribution in [0.1, 0.15) is 26.2 Å². The van der Waals surface area contributed by atoms with E-state index in [1.807, 2.05) is 47.2 Å². The lowest BCUT2D eigenvalue weighted by atomic mass is 10.0.